The van der Waals surface area contributed by atoms with Crippen molar-refractivity contribution in [2.75, 3.05) is 26.5 Å². The molecule has 0 bridgehead atoms. The molecule has 0 spiro atoms. The van der Waals surface area contributed by atoms with E-state index in [0.29, 0.717) is 18.5 Å². The zero-order valence-corrected chi connectivity index (χ0v) is 14.7. The second-order valence-corrected chi connectivity index (χ2v) is 7.31. The summed E-state index contributed by atoms with van der Waals surface area (Å²) in [4.78, 5) is 0. The minimum absolute atomic E-state index is 0.452. The van der Waals surface area contributed by atoms with Crippen molar-refractivity contribution in [3.8, 4) is 6.07 Å². The summed E-state index contributed by atoms with van der Waals surface area (Å²) in [6.45, 7) is 10.4. The highest BCUT2D eigenvalue weighted by molar-refractivity contribution is 7.50. The van der Waals surface area contributed by atoms with Crippen molar-refractivity contribution in [2.45, 2.75) is 65.5 Å². The van der Waals surface area contributed by atoms with Gasteiger partial charge in [0.25, 0.3) is 0 Å². The summed E-state index contributed by atoms with van der Waals surface area (Å²) in [6.07, 6.45) is 4.72. The number of nitrogens with zero attached hydrogens (tertiary/aromatic N) is 2. The smallest absolute Gasteiger partial charge is 0.105 e. The van der Waals surface area contributed by atoms with Crippen molar-refractivity contribution in [3.05, 3.63) is 0 Å². The molecule has 20 heavy (non-hydrogen) atoms. The normalized spacial score (nSPS) is 13.2. The summed E-state index contributed by atoms with van der Waals surface area (Å²) in [5, 5.41) is 8.82. The molecule has 0 saturated heterocycles. The molecule has 1 unspecified atom stereocenters. The Morgan fingerprint density at radius 1 is 1.05 bits per heavy atom. The van der Waals surface area contributed by atoms with Gasteiger partial charge in [0.2, 0.25) is 0 Å². The zero-order valence-electron chi connectivity index (χ0n) is 13.8. The van der Waals surface area contributed by atoms with Gasteiger partial charge in [0.15, 0.2) is 0 Å². The van der Waals surface area contributed by atoms with E-state index in [4.69, 9.17) is 14.5 Å². The Hall–Kier alpha value is -0.200. The summed E-state index contributed by atoms with van der Waals surface area (Å²) in [5.74, 6) is 0. The first-order valence-electron chi connectivity index (χ1n) is 7.59. The molecule has 118 valence electrons. The number of unbranched alkanes of at least 4 members (excludes halogenated alkanes) is 2. The van der Waals surface area contributed by atoms with Crippen molar-refractivity contribution in [2.24, 2.45) is 0 Å². The molecule has 0 amide bonds. The van der Waals surface area contributed by atoms with Gasteiger partial charge in [0, 0.05) is 38.4 Å². The lowest BCUT2D eigenvalue weighted by Gasteiger charge is -2.37. The van der Waals surface area contributed by atoms with Crippen LogP contribution in [-0.2, 0) is 9.26 Å². The van der Waals surface area contributed by atoms with Gasteiger partial charge in [-0.25, -0.2) is 0 Å². The van der Waals surface area contributed by atoms with Gasteiger partial charge in [0.1, 0.15) is 8.30 Å². The molecule has 0 aliphatic carbocycles. The predicted octanol–water partition coefficient (Wildman–Crippen LogP) is 4.16. The summed E-state index contributed by atoms with van der Waals surface area (Å²) in [5.41, 5.74) is 0. The molecule has 0 aliphatic heterocycles. The van der Waals surface area contributed by atoms with Crippen LogP contribution in [0.2, 0.25) is 0 Å². The first-order valence-corrected chi connectivity index (χ1v) is 8.98. The Bertz CT molecular complexity index is 259. The number of ether oxygens (including phenoxy) is 1. The number of hydrogen-bond donors (Lipinski definition) is 0. The monoisotopic (exact) mass is 302 g/mol. The molecule has 0 fully saturated rings. The van der Waals surface area contributed by atoms with E-state index in [2.05, 4.69) is 38.4 Å². The van der Waals surface area contributed by atoms with Gasteiger partial charge < -0.3 is 9.26 Å². The lowest BCUT2D eigenvalue weighted by molar-refractivity contribution is 0.188. The molecule has 1 atom stereocenters. The first-order chi connectivity index (χ1) is 9.54. The van der Waals surface area contributed by atoms with E-state index in [-0.39, 0.29) is 0 Å². The van der Waals surface area contributed by atoms with Gasteiger partial charge in [-0.2, -0.15) is 5.26 Å². The molecule has 4 nitrogen and oxygen atoms in total. The Morgan fingerprint density at radius 3 is 2.15 bits per heavy atom. The summed E-state index contributed by atoms with van der Waals surface area (Å²) in [7, 11) is 1.08. The molecule has 0 aliphatic rings. The van der Waals surface area contributed by atoms with Gasteiger partial charge >= 0.3 is 0 Å². The fourth-order valence-electron chi connectivity index (χ4n) is 2.20. The molecule has 0 saturated carbocycles. The van der Waals surface area contributed by atoms with Crippen LogP contribution >= 0.6 is 8.30 Å². The fourth-order valence-corrected chi connectivity index (χ4v) is 4.35. The van der Waals surface area contributed by atoms with Crippen LogP contribution in [0.25, 0.3) is 0 Å². The van der Waals surface area contributed by atoms with Gasteiger partial charge in [-0.05, 0) is 47.0 Å². The summed E-state index contributed by atoms with van der Waals surface area (Å²) >= 11 is 0. The average molecular weight is 302 g/mol. The number of hydrogen-bond acceptors (Lipinski definition) is 4. The van der Waals surface area contributed by atoms with Crippen molar-refractivity contribution < 1.29 is 9.26 Å². The quantitative estimate of drug-likeness (QED) is 0.401. The van der Waals surface area contributed by atoms with E-state index in [9.17, 15) is 0 Å². The van der Waals surface area contributed by atoms with E-state index < -0.39 is 8.30 Å². The highest BCUT2D eigenvalue weighted by atomic mass is 31.2. The van der Waals surface area contributed by atoms with E-state index in [1.54, 1.807) is 7.11 Å². The SMILES string of the molecule is COCCCCCOP(CCC#N)N(C(C)C)C(C)C. The van der Waals surface area contributed by atoms with E-state index in [0.717, 1.165) is 38.6 Å². The van der Waals surface area contributed by atoms with Gasteiger partial charge in [-0.3, -0.25) is 4.67 Å². The fraction of sp³-hybridized carbons (Fsp3) is 0.933. The lowest BCUT2D eigenvalue weighted by atomic mass is 10.2. The molecule has 0 aromatic rings. The summed E-state index contributed by atoms with van der Waals surface area (Å²) < 4.78 is 13.6. The second-order valence-electron chi connectivity index (χ2n) is 5.44. The van der Waals surface area contributed by atoms with Crippen LogP contribution in [0.15, 0.2) is 0 Å². The van der Waals surface area contributed by atoms with Crippen LogP contribution in [0.5, 0.6) is 0 Å². The highest BCUT2D eigenvalue weighted by Gasteiger charge is 2.24. The van der Waals surface area contributed by atoms with Gasteiger partial charge in [0.05, 0.1) is 12.7 Å². The molecular weight excluding hydrogens is 271 g/mol. The zero-order chi connectivity index (χ0) is 15.4. The first kappa shape index (κ1) is 19.8. The van der Waals surface area contributed by atoms with E-state index in [1.165, 1.54) is 0 Å². The molecule has 0 N–H and O–H groups in total. The predicted molar refractivity (Wildman–Crippen MR) is 85.8 cm³/mol. The van der Waals surface area contributed by atoms with Crippen molar-refractivity contribution >= 4 is 8.30 Å². The topological polar surface area (TPSA) is 45.5 Å². The minimum Gasteiger partial charge on any atom is -0.385 e. The Kier molecular flexibility index (Phi) is 12.4. The van der Waals surface area contributed by atoms with Crippen LogP contribution in [0.4, 0.5) is 0 Å². The summed E-state index contributed by atoms with van der Waals surface area (Å²) in [6, 6.07) is 3.15. The molecule has 0 aromatic heterocycles. The standard InChI is InChI=1S/C15H31N2O2P/c1-14(2)17(15(3)4)20(13-9-10-16)19-12-8-6-7-11-18-5/h14-15H,6-9,11-13H2,1-5H3. The van der Waals surface area contributed by atoms with Crippen LogP contribution in [-0.4, -0.2) is 43.2 Å². The highest BCUT2D eigenvalue weighted by Crippen LogP contribution is 2.45. The molecule has 0 radical (unpaired) electrons. The van der Waals surface area contributed by atoms with Crippen molar-refractivity contribution in [3.63, 3.8) is 0 Å². The number of methoxy groups -OCH3 is 1. The van der Waals surface area contributed by atoms with Crippen LogP contribution in [0.3, 0.4) is 0 Å². The molecule has 0 rings (SSSR count). The van der Waals surface area contributed by atoms with E-state index in [1.807, 2.05) is 0 Å². The largest absolute Gasteiger partial charge is 0.385 e. The van der Waals surface area contributed by atoms with Crippen molar-refractivity contribution in [1.29, 1.82) is 5.26 Å². The third kappa shape index (κ3) is 8.87. The molecule has 0 heterocycles. The van der Waals surface area contributed by atoms with Crippen LogP contribution in [0, 0.1) is 11.3 Å². The van der Waals surface area contributed by atoms with Gasteiger partial charge in [-0.1, -0.05) is 0 Å². The van der Waals surface area contributed by atoms with Gasteiger partial charge in [-0.15, -0.1) is 0 Å². The van der Waals surface area contributed by atoms with E-state index >= 15 is 0 Å². The minimum atomic E-state index is -0.654. The average Bonchev–Trinajstić information content (AvgIpc) is 2.38. The van der Waals surface area contributed by atoms with Crippen molar-refractivity contribution in [1.82, 2.24) is 4.67 Å². The maximum atomic E-state index is 8.82. The maximum Gasteiger partial charge on any atom is 0.105 e. The molecular formula is C15H31N2O2P. The third-order valence-electron chi connectivity index (χ3n) is 2.96. The molecule has 5 heteroatoms. The third-order valence-corrected chi connectivity index (χ3v) is 5.49. The van der Waals surface area contributed by atoms with Crippen LogP contribution < -0.4 is 0 Å². The number of rotatable bonds is 12. The lowest BCUT2D eigenvalue weighted by Crippen LogP contribution is -2.33. The Morgan fingerprint density at radius 2 is 1.65 bits per heavy atom. The number of nitriles is 1. The Balaban J connectivity index is 4.22. The van der Waals surface area contributed by atoms with Crippen LogP contribution in [0.1, 0.15) is 53.4 Å². The molecule has 0 aromatic carbocycles. The Labute approximate surface area is 126 Å². The second kappa shape index (κ2) is 12.5. The maximum absolute atomic E-state index is 8.82.